The number of fused-ring (bicyclic) bond motifs is 3. The van der Waals surface area contributed by atoms with Crippen molar-refractivity contribution in [3.8, 4) is 11.4 Å². The molecule has 0 saturated heterocycles. The third-order valence-corrected chi connectivity index (χ3v) is 4.33. The van der Waals surface area contributed by atoms with Crippen molar-refractivity contribution >= 4 is 12.4 Å². The summed E-state index contributed by atoms with van der Waals surface area (Å²) < 4.78 is 21.0. The van der Waals surface area contributed by atoms with E-state index in [1.54, 1.807) is 6.07 Å². The molecule has 3 nitrogen and oxygen atoms in total. The summed E-state index contributed by atoms with van der Waals surface area (Å²) in [4.78, 5) is 0. The lowest BCUT2D eigenvalue weighted by Crippen LogP contribution is -2.21. The highest BCUT2D eigenvalue weighted by Gasteiger charge is 2.23. The van der Waals surface area contributed by atoms with E-state index in [1.165, 1.54) is 24.4 Å². The predicted molar refractivity (Wildman–Crippen MR) is 94.7 cm³/mol. The Kier molecular flexibility index (Phi) is 4.60. The minimum Gasteiger partial charge on any atom is -0.494 e. The van der Waals surface area contributed by atoms with Crippen LogP contribution in [-0.4, -0.2) is 11.7 Å². The number of methoxy groups -OCH3 is 1. The van der Waals surface area contributed by atoms with Gasteiger partial charge in [-0.1, -0.05) is 24.3 Å². The van der Waals surface area contributed by atoms with Gasteiger partial charge in [-0.2, -0.15) is 0 Å². The van der Waals surface area contributed by atoms with Crippen LogP contribution in [0.1, 0.15) is 22.9 Å². The van der Waals surface area contributed by atoms with Crippen LogP contribution >= 0.6 is 12.4 Å². The van der Waals surface area contributed by atoms with Gasteiger partial charge in [-0.15, -0.1) is 12.4 Å². The molecule has 124 valence electrons. The molecular formula is C19H18ClFN2O. The fourth-order valence-electron chi connectivity index (χ4n) is 3.21. The van der Waals surface area contributed by atoms with Crippen molar-refractivity contribution in [2.24, 2.45) is 0 Å². The number of aromatic nitrogens is 1. The quantitative estimate of drug-likeness (QED) is 0.752. The van der Waals surface area contributed by atoms with Gasteiger partial charge in [0.05, 0.1) is 13.2 Å². The van der Waals surface area contributed by atoms with Gasteiger partial charge in [0, 0.05) is 24.1 Å². The van der Waals surface area contributed by atoms with E-state index in [9.17, 15) is 4.39 Å². The molecule has 1 aliphatic rings. The Balaban J connectivity index is 0.00000169. The zero-order chi connectivity index (χ0) is 15.8. The van der Waals surface area contributed by atoms with Crippen LogP contribution in [-0.2, 0) is 6.54 Å². The number of halogens is 2. The van der Waals surface area contributed by atoms with Gasteiger partial charge in [-0.05, 0) is 41.5 Å². The fraction of sp³-hybridized carbons (Fsp3) is 0.158. The van der Waals surface area contributed by atoms with Gasteiger partial charge in [-0.3, -0.25) is 0 Å². The Bertz CT molecular complexity index is 862. The average Bonchev–Trinajstić information content (AvgIpc) is 3.00. The third kappa shape index (κ3) is 2.68. The molecule has 4 rings (SSSR count). The second-order valence-corrected chi connectivity index (χ2v) is 5.64. The first-order valence-corrected chi connectivity index (χ1v) is 7.60. The molecule has 0 radical (unpaired) electrons. The summed E-state index contributed by atoms with van der Waals surface area (Å²) in [6.07, 6.45) is 2.06. The summed E-state index contributed by atoms with van der Waals surface area (Å²) >= 11 is 0. The Morgan fingerprint density at radius 2 is 1.96 bits per heavy atom. The molecule has 1 aromatic heterocycles. The first-order chi connectivity index (χ1) is 11.3. The van der Waals surface area contributed by atoms with E-state index in [1.807, 2.05) is 24.3 Å². The maximum atomic E-state index is 13.7. The van der Waals surface area contributed by atoms with Gasteiger partial charge in [0.1, 0.15) is 0 Å². The number of nitrogens with zero attached hydrogens (tertiary/aromatic N) is 1. The minimum absolute atomic E-state index is 0. The van der Waals surface area contributed by atoms with Crippen molar-refractivity contribution < 1.29 is 9.13 Å². The number of para-hydroxylation sites is 1. The van der Waals surface area contributed by atoms with Crippen LogP contribution in [0, 0.1) is 5.82 Å². The Hall–Kier alpha value is -2.30. The highest BCUT2D eigenvalue weighted by atomic mass is 35.5. The van der Waals surface area contributed by atoms with Crippen LogP contribution in [0.3, 0.4) is 0 Å². The summed E-state index contributed by atoms with van der Waals surface area (Å²) in [7, 11) is 1.49. The van der Waals surface area contributed by atoms with Crippen LogP contribution in [0.5, 0.6) is 5.75 Å². The molecule has 24 heavy (non-hydrogen) atoms. The van der Waals surface area contributed by atoms with E-state index in [4.69, 9.17) is 4.74 Å². The fourth-order valence-corrected chi connectivity index (χ4v) is 3.21. The monoisotopic (exact) mass is 344 g/mol. The van der Waals surface area contributed by atoms with Crippen molar-refractivity contribution in [3.05, 3.63) is 83.4 Å². The van der Waals surface area contributed by atoms with Crippen LogP contribution in [0.25, 0.3) is 5.69 Å². The molecule has 3 aromatic rings. The maximum absolute atomic E-state index is 13.7. The van der Waals surface area contributed by atoms with Gasteiger partial charge in [-0.25, -0.2) is 4.39 Å². The molecule has 1 aliphatic heterocycles. The number of nitrogens with one attached hydrogen (secondary N) is 1. The molecule has 1 N–H and O–H groups in total. The lowest BCUT2D eigenvalue weighted by Gasteiger charge is -2.19. The zero-order valence-corrected chi connectivity index (χ0v) is 14.0. The molecule has 0 aliphatic carbocycles. The van der Waals surface area contributed by atoms with E-state index in [0.717, 1.165) is 17.8 Å². The lowest BCUT2D eigenvalue weighted by molar-refractivity contribution is 0.385. The minimum atomic E-state index is -0.344. The molecule has 1 unspecified atom stereocenters. The Labute approximate surface area is 146 Å². The topological polar surface area (TPSA) is 26.2 Å². The van der Waals surface area contributed by atoms with Crippen LogP contribution in [0.2, 0.25) is 0 Å². The van der Waals surface area contributed by atoms with Crippen molar-refractivity contribution in [1.82, 2.24) is 9.88 Å². The molecular weight excluding hydrogens is 327 g/mol. The summed E-state index contributed by atoms with van der Waals surface area (Å²) in [5.41, 5.74) is 4.53. The van der Waals surface area contributed by atoms with Crippen LogP contribution in [0.15, 0.2) is 60.8 Å². The van der Waals surface area contributed by atoms with Crippen molar-refractivity contribution in [3.63, 3.8) is 0 Å². The first-order valence-electron chi connectivity index (χ1n) is 7.60. The van der Waals surface area contributed by atoms with Gasteiger partial charge in [0.15, 0.2) is 11.6 Å². The normalized spacial score (nSPS) is 15.7. The Morgan fingerprint density at radius 1 is 1.12 bits per heavy atom. The van der Waals surface area contributed by atoms with Gasteiger partial charge in [0.25, 0.3) is 0 Å². The molecule has 2 heterocycles. The van der Waals surface area contributed by atoms with Crippen molar-refractivity contribution in [2.75, 3.05) is 7.11 Å². The van der Waals surface area contributed by atoms with E-state index in [0.29, 0.717) is 0 Å². The summed E-state index contributed by atoms with van der Waals surface area (Å²) in [6, 6.07) is 17.5. The highest BCUT2D eigenvalue weighted by molar-refractivity contribution is 5.85. The van der Waals surface area contributed by atoms with E-state index >= 15 is 0 Å². The molecule has 1 atom stereocenters. The molecule has 0 bridgehead atoms. The smallest absolute Gasteiger partial charge is 0.165 e. The van der Waals surface area contributed by atoms with Crippen LogP contribution < -0.4 is 10.1 Å². The van der Waals surface area contributed by atoms with Gasteiger partial charge in [0.2, 0.25) is 0 Å². The molecule has 5 heteroatoms. The number of ether oxygens (including phenoxy) is 1. The van der Waals surface area contributed by atoms with Crippen molar-refractivity contribution in [2.45, 2.75) is 12.6 Å². The number of hydrogen-bond acceptors (Lipinski definition) is 2. The summed E-state index contributed by atoms with van der Waals surface area (Å²) in [6.45, 7) is 0.752. The van der Waals surface area contributed by atoms with Gasteiger partial charge >= 0.3 is 0 Å². The largest absolute Gasteiger partial charge is 0.494 e. The highest BCUT2D eigenvalue weighted by Crippen LogP contribution is 2.32. The molecule has 0 amide bonds. The predicted octanol–water partition coefficient (Wildman–Crippen LogP) is 4.24. The second-order valence-electron chi connectivity index (χ2n) is 5.64. The molecule has 2 aromatic carbocycles. The standard InChI is InChI=1S/C19H17FN2O.ClH/c1-23-18-11-13(8-9-15(18)20)19-17-7-4-10-22(17)16-6-3-2-5-14(16)12-21-19;/h2-11,19,21H,12H2,1H3;1H. The first kappa shape index (κ1) is 16.6. The molecule has 0 spiro atoms. The van der Waals surface area contributed by atoms with E-state index < -0.39 is 0 Å². The number of rotatable bonds is 2. The molecule has 0 fully saturated rings. The summed E-state index contributed by atoms with van der Waals surface area (Å²) in [5, 5.41) is 3.57. The molecule has 0 saturated carbocycles. The number of hydrogen-bond donors (Lipinski definition) is 1. The number of benzene rings is 2. The maximum Gasteiger partial charge on any atom is 0.165 e. The van der Waals surface area contributed by atoms with Gasteiger partial charge < -0.3 is 14.6 Å². The van der Waals surface area contributed by atoms with E-state index in [2.05, 4.69) is 34.3 Å². The summed E-state index contributed by atoms with van der Waals surface area (Å²) in [5.74, 6) is -0.0762. The van der Waals surface area contributed by atoms with E-state index in [-0.39, 0.29) is 30.0 Å². The zero-order valence-electron chi connectivity index (χ0n) is 13.2. The SMILES string of the molecule is COc1cc(C2NCc3ccccc3-n3cccc32)ccc1F.Cl. The van der Waals surface area contributed by atoms with Crippen molar-refractivity contribution in [1.29, 1.82) is 0 Å². The van der Waals surface area contributed by atoms with Crippen LogP contribution in [0.4, 0.5) is 4.39 Å². The lowest BCUT2D eigenvalue weighted by atomic mass is 10.0. The second kappa shape index (κ2) is 6.67. The third-order valence-electron chi connectivity index (χ3n) is 4.33. The average molecular weight is 345 g/mol. The Morgan fingerprint density at radius 3 is 2.79 bits per heavy atom.